The lowest BCUT2D eigenvalue weighted by molar-refractivity contribution is -0.137. The second kappa shape index (κ2) is 9.92. The summed E-state index contributed by atoms with van der Waals surface area (Å²) in [4.78, 5) is 28.3. The highest BCUT2D eigenvalue weighted by Gasteiger charge is 2.30. The molecule has 3 aromatic rings. The summed E-state index contributed by atoms with van der Waals surface area (Å²) in [5, 5.41) is 7.05. The summed E-state index contributed by atoms with van der Waals surface area (Å²) < 4.78 is 51.2. The lowest BCUT2D eigenvalue weighted by Crippen LogP contribution is -2.14. The minimum atomic E-state index is -4.54. The number of aromatic nitrogens is 1. The number of nitrogens with one attached hydrogen (secondary N) is 2. The third kappa shape index (κ3) is 6.79. The van der Waals surface area contributed by atoms with Gasteiger partial charge in [0.15, 0.2) is 5.13 Å². The molecule has 1 aromatic heterocycles. The molecule has 0 saturated carbocycles. The highest BCUT2D eigenvalue weighted by Crippen LogP contribution is 2.30. The molecule has 1 heterocycles. The van der Waals surface area contributed by atoms with Crippen LogP contribution in [-0.4, -0.2) is 22.6 Å². The fraction of sp³-hybridized carbons (Fsp3) is 0.150. The number of benzene rings is 2. The van der Waals surface area contributed by atoms with Gasteiger partial charge in [-0.3, -0.25) is 14.9 Å². The van der Waals surface area contributed by atoms with Crippen LogP contribution in [0, 0.1) is 5.82 Å². The molecule has 2 amide bonds. The van der Waals surface area contributed by atoms with Gasteiger partial charge in [-0.15, -0.1) is 23.1 Å². The molecule has 0 aliphatic rings. The number of carbonyl (C=O) groups is 2. The van der Waals surface area contributed by atoms with Crippen LogP contribution in [0.15, 0.2) is 53.9 Å². The van der Waals surface area contributed by atoms with Crippen LogP contribution >= 0.6 is 23.1 Å². The minimum Gasteiger partial charge on any atom is -0.325 e. The van der Waals surface area contributed by atoms with E-state index in [1.54, 1.807) is 5.38 Å². The molecule has 0 radical (unpaired) electrons. The van der Waals surface area contributed by atoms with E-state index < -0.39 is 23.5 Å². The predicted molar refractivity (Wildman–Crippen MR) is 113 cm³/mol. The van der Waals surface area contributed by atoms with E-state index in [1.165, 1.54) is 48.2 Å². The van der Waals surface area contributed by atoms with Gasteiger partial charge in [0.05, 0.1) is 17.0 Å². The van der Waals surface area contributed by atoms with E-state index in [9.17, 15) is 27.2 Å². The van der Waals surface area contributed by atoms with Gasteiger partial charge in [0.2, 0.25) is 5.91 Å². The number of rotatable bonds is 7. The first kappa shape index (κ1) is 22.8. The van der Waals surface area contributed by atoms with E-state index in [0.29, 0.717) is 17.1 Å². The molecule has 5 nitrogen and oxygen atoms in total. The van der Waals surface area contributed by atoms with Crippen LogP contribution in [0.3, 0.4) is 0 Å². The molecule has 2 aromatic carbocycles. The van der Waals surface area contributed by atoms with Crippen molar-refractivity contribution in [3.63, 3.8) is 0 Å². The molecule has 0 fully saturated rings. The second-order valence-corrected chi connectivity index (χ2v) is 8.07. The predicted octanol–water partition coefficient (Wildman–Crippen LogP) is 5.43. The first-order chi connectivity index (χ1) is 14.7. The largest absolute Gasteiger partial charge is 0.416 e. The van der Waals surface area contributed by atoms with Gasteiger partial charge in [0.25, 0.3) is 5.91 Å². The number of amides is 2. The Morgan fingerprint density at radius 1 is 1.06 bits per heavy atom. The molecule has 0 bridgehead atoms. The Labute approximate surface area is 182 Å². The second-order valence-electron chi connectivity index (χ2n) is 6.22. The van der Waals surface area contributed by atoms with Gasteiger partial charge in [-0.1, -0.05) is 6.07 Å². The number of thioether (sulfide) groups is 1. The topological polar surface area (TPSA) is 71.1 Å². The molecule has 3 rings (SSSR count). The first-order valence-electron chi connectivity index (χ1n) is 8.77. The smallest absolute Gasteiger partial charge is 0.325 e. The molecule has 0 aliphatic heterocycles. The third-order valence-corrected chi connectivity index (χ3v) is 5.61. The molecular weight excluding hydrogens is 454 g/mol. The molecule has 162 valence electrons. The fourth-order valence-electron chi connectivity index (χ4n) is 2.42. The quantitative estimate of drug-likeness (QED) is 0.453. The van der Waals surface area contributed by atoms with Crippen LogP contribution in [0.25, 0.3) is 0 Å². The van der Waals surface area contributed by atoms with Gasteiger partial charge in [0.1, 0.15) is 5.82 Å². The Balaban J connectivity index is 1.48. The number of hydrogen-bond acceptors (Lipinski definition) is 5. The van der Waals surface area contributed by atoms with E-state index in [4.69, 9.17) is 0 Å². The van der Waals surface area contributed by atoms with Crippen LogP contribution < -0.4 is 10.6 Å². The lowest BCUT2D eigenvalue weighted by Gasteiger charge is -2.08. The van der Waals surface area contributed by atoms with E-state index in [0.717, 1.165) is 23.5 Å². The summed E-state index contributed by atoms with van der Waals surface area (Å²) in [7, 11) is 0. The fourth-order valence-corrected chi connectivity index (χ4v) is 3.94. The molecular formula is C20H15F4N3O2S2. The lowest BCUT2D eigenvalue weighted by atomic mass is 10.1. The van der Waals surface area contributed by atoms with Crippen LogP contribution in [0.2, 0.25) is 0 Å². The molecule has 0 unspecified atom stereocenters. The van der Waals surface area contributed by atoms with Crippen molar-refractivity contribution in [1.82, 2.24) is 4.98 Å². The zero-order valence-electron chi connectivity index (χ0n) is 15.7. The molecule has 11 heteroatoms. The molecule has 0 saturated heterocycles. The van der Waals surface area contributed by atoms with Crippen molar-refractivity contribution in [2.45, 2.75) is 11.9 Å². The Bertz CT molecular complexity index is 1070. The third-order valence-electron chi connectivity index (χ3n) is 3.84. The number of halogens is 4. The summed E-state index contributed by atoms with van der Waals surface area (Å²) >= 11 is 2.42. The van der Waals surface area contributed by atoms with Gasteiger partial charge < -0.3 is 5.32 Å². The monoisotopic (exact) mass is 469 g/mol. The maximum Gasteiger partial charge on any atom is 0.416 e. The van der Waals surface area contributed by atoms with Crippen molar-refractivity contribution in [3.05, 3.63) is 76.5 Å². The summed E-state index contributed by atoms with van der Waals surface area (Å²) in [6, 6.07) is 9.52. The number of nitrogens with zero attached hydrogens (tertiary/aromatic N) is 1. The number of hydrogen-bond donors (Lipinski definition) is 2. The number of thiazole rings is 1. The Morgan fingerprint density at radius 3 is 2.52 bits per heavy atom. The van der Waals surface area contributed by atoms with Gasteiger partial charge in [-0.2, -0.15) is 13.2 Å². The van der Waals surface area contributed by atoms with E-state index in [-0.39, 0.29) is 22.4 Å². The average molecular weight is 469 g/mol. The maximum absolute atomic E-state index is 12.9. The number of carbonyl (C=O) groups excluding carboxylic acids is 2. The first-order valence-corrected chi connectivity index (χ1v) is 10.8. The van der Waals surface area contributed by atoms with Crippen molar-refractivity contribution in [2.24, 2.45) is 0 Å². The summed E-state index contributed by atoms with van der Waals surface area (Å²) in [5.41, 5.74) is 0.0675. The molecule has 0 spiro atoms. The minimum absolute atomic E-state index is 0.126. The average Bonchev–Trinajstić information content (AvgIpc) is 3.16. The molecule has 31 heavy (non-hydrogen) atoms. The van der Waals surface area contributed by atoms with Crippen molar-refractivity contribution in [2.75, 3.05) is 16.4 Å². The number of anilines is 2. The highest BCUT2D eigenvalue weighted by molar-refractivity contribution is 7.99. The van der Waals surface area contributed by atoms with Gasteiger partial charge >= 0.3 is 6.18 Å². The number of alkyl halides is 3. The Morgan fingerprint density at radius 2 is 1.81 bits per heavy atom. The van der Waals surface area contributed by atoms with E-state index >= 15 is 0 Å². The van der Waals surface area contributed by atoms with Gasteiger partial charge in [0, 0.05) is 22.4 Å². The molecule has 2 N–H and O–H groups in total. The normalized spacial score (nSPS) is 11.2. The highest BCUT2D eigenvalue weighted by atomic mass is 32.2. The van der Waals surface area contributed by atoms with Gasteiger partial charge in [-0.05, 0) is 42.5 Å². The van der Waals surface area contributed by atoms with Crippen LogP contribution in [-0.2, 0) is 16.7 Å². The van der Waals surface area contributed by atoms with Crippen LogP contribution in [0.1, 0.15) is 21.6 Å². The SMILES string of the molecule is O=C(CSCc1csc(NC(=O)c2cccc(C(F)(F)F)c2)n1)Nc1ccc(F)cc1. The van der Waals surface area contributed by atoms with Crippen LogP contribution in [0.4, 0.5) is 28.4 Å². The zero-order valence-corrected chi connectivity index (χ0v) is 17.3. The van der Waals surface area contributed by atoms with Gasteiger partial charge in [-0.25, -0.2) is 9.37 Å². The van der Waals surface area contributed by atoms with Crippen LogP contribution in [0.5, 0.6) is 0 Å². The van der Waals surface area contributed by atoms with E-state index in [1.807, 2.05) is 0 Å². The van der Waals surface area contributed by atoms with Crippen molar-refractivity contribution in [1.29, 1.82) is 0 Å². The standard InChI is InChI=1S/C20H15F4N3O2S2/c21-14-4-6-15(7-5-14)25-17(28)11-30-9-16-10-31-19(26-16)27-18(29)12-2-1-3-13(8-12)20(22,23)24/h1-8,10H,9,11H2,(H,25,28)(H,26,27,29). The Hall–Kier alpha value is -2.92. The van der Waals surface area contributed by atoms with Crippen molar-refractivity contribution < 1.29 is 27.2 Å². The summed E-state index contributed by atoms with van der Waals surface area (Å²) in [6.07, 6.45) is -4.54. The van der Waals surface area contributed by atoms with E-state index in [2.05, 4.69) is 15.6 Å². The molecule has 0 aliphatic carbocycles. The summed E-state index contributed by atoms with van der Waals surface area (Å²) in [5.74, 6) is -0.816. The zero-order chi connectivity index (χ0) is 22.4. The maximum atomic E-state index is 12.9. The van der Waals surface area contributed by atoms with Crippen molar-refractivity contribution in [3.8, 4) is 0 Å². The molecule has 0 atom stereocenters. The Kier molecular flexibility index (Phi) is 7.29. The summed E-state index contributed by atoms with van der Waals surface area (Å²) in [6.45, 7) is 0. The van der Waals surface area contributed by atoms with Crippen molar-refractivity contribution >= 4 is 45.7 Å².